The monoisotopic (exact) mass is 402 g/mol. The summed E-state index contributed by atoms with van der Waals surface area (Å²) >= 11 is 0. The maximum absolute atomic E-state index is 13.0. The lowest BCUT2D eigenvalue weighted by Gasteiger charge is -2.19. The molecule has 0 radical (unpaired) electrons. The molecule has 3 aromatic carbocycles. The summed E-state index contributed by atoms with van der Waals surface area (Å²) in [7, 11) is 1.63. The van der Waals surface area contributed by atoms with Crippen LogP contribution in [-0.4, -0.2) is 30.9 Å². The summed E-state index contributed by atoms with van der Waals surface area (Å²) in [5.74, 6) is -1.55. The number of ether oxygens (including phenoxy) is 1. The Balaban J connectivity index is 1.73. The van der Waals surface area contributed by atoms with Gasteiger partial charge in [-0.05, 0) is 43.3 Å². The second-order valence-electron chi connectivity index (χ2n) is 6.65. The van der Waals surface area contributed by atoms with Gasteiger partial charge in [-0.3, -0.25) is 9.59 Å². The van der Waals surface area contributed by atoms with E-state index in [4.69, 9.17) is 4.74 Å². The Morgan fingerprint density at radius 1 is 0.800 bits per heavy atom. The van der Waals surface area contributed by atoms with Crippen molar-refractivity contribution in [3.8, 4) is 0 Å². The van der Waals surface area contributed by atoms with Crippen LogP contribution in [0.4, 0.5) is 11.4 Å². The minimum Gasteiger partial charge on any atom is -0.449 e. The number of anilines is 2. The molecule has 1 atom stereocenters. The van der Waals surface area contributed by atoms with E-state index in [1.54, 1.807) is 61.6 Å². The van der Waals surface area contributed by atoms with Crippen molar-refractivity contribution in [2.45, 2.75) is 13.0 Å². The van der Waals surface area contributed by atoms with Crippen LogP contribution in [-0.2, 0) is 9.53 Å². The van der Waals surface area contributed by atoms with Gasteiger partial charge in [0.25, 0.3) is 11.8 Å². The predicted molar refractivity (Wildman–Crippen MR) is 116 cm³/mol. The number of amides is 2. The van der Waals surface area contributed by atoms with Crippen molar-refractivity contribution >= 4 is 29.2 Å². The van der Waals surface area contributed by atoms with E-state index in [0.717, 1.165) is 0 Å². The number of carbonyl (C=O) groups excluding carboxylic acids is 3. The highest BCUT2D eigenvalue weighted by molar-refractivity contribution is 6.12. The smallest absolute Gasteiger partial charge is 0.339 e. The van der Waals surface area contributed by atoms with Gasteiger partial charge in [-0.15, -0.1) is 0 Å². The molecular formula is C24H22N2O4. The van der Waals surface area contributed by atoms with Crippen LogP contribution in [0.25, 0.3) is 0 Å². The molecule has 0 aromatic heterocycles. The van der Waals surface area contributed by atoms with Gasteiger partial charge in [0.2, 0.25) is 0 Å². The van der Waals surface area contributed by atoms with E-state index in [9.17, 15) is 14.4 Å². The Morgan fingerprint density at radius 3 is 1.97 bits per heavy atom. The van der Waals surface area contributed by atoms with Crippen LogP contribution in [0, 0.1) is 0 Å². The Morgan fingerprint density at radius 2 is 1.33 bits per heavy atom. The third-order valence-electron chi connectivity index (χ3n) is 4.52. The van der Waals surface area contributed by atoms with Crippen LogP contribution >= 0.6 is 0 Å². The van der Waals surface area contributed by atoms with Gasteiger partial charge in [-0.25, -0.2) is 4.79 Å². The van der Waals surface area contributed by atoms with Gasteiger partial charge in [-0.2, -0.15) is 0 Å². The molecule has 0 unspecified atom stereocenters. The van der Waals surface area contributed by atoms with Gasteiger partial charge in [0.15, 0.2) is 6.10 Å². The number of rotatable bonds is 6. The lowest BCUT2D eigenvalue weighted by atomic mass is 10.1. The largest absolute Gasteiger partial charge is 0.449 e. The standard InChI is InChI=1S/C24H22N2O4/c1-17(22(27)25-18-11-5-3-6-12-18)30-24(29)21-16-10-9-15-20(21)23(28)26(2)19-13-7-4-8-14-19/h3-17H,1-2H3,(H,25,27)/t17-/m0/s1. The predicted octanol–water partition coefficient (Wildman–Crippen LogP) is 4.15. The van der Waals surface area contributed by atoms with Crippen molar-refractivity contribution in [2.24, 2.45) is 0 Å². The number of carbonyl (C=O) groups is 3. The number of hydrogen-bond acceptors (Lipinski definition) is 4. The molecule has 3 aromatic rings. The summed E-state index contributed by atoms with van der Waals surface area (Å²) in [6.07, 6.45) is -1.03. The zero-order valence-corrected chi connectivity index (χ0v) is 16.7. The summed E-state index contributed by atoms with van der Waals surface area (Å²) in [5, 5.41) is 2.68. The van der Waals surface area contributed by atoms with Crippen molar-refractivity contribution < 1.29 is 19.1 Å². The van der Waals surface area contributed by atoms with Crippen molar-refractivity contribution in [3.63, 3.8) is 0 Å². The lowest BCUT2D eigenvalue weighted by Crippen LogP contribution is -2.32. The van der Waals surface area contributed by atoms with Gasteiger partial charge in [0.05, 0.1) is 11.1 Å². The third kappa shape index (κ3) is 4.91. The molecule has 152 valence electrons. The van der Waals surface area contributed by atoms with E-state index in [1.165, 1.54) is 17.9 Å². The first-order valence-electron chi connectivity index (χ1n) is 9.46. The molecule has 0 aliphatic rings. The van der Waals surface area contributed by atoms with Gasteiger partial charge in [-0.1, -0.05) is 48.5 Å². The third-order valence-corrected chi connectivity index (χ3v) is 4.52. The van der Waals surface area contributed by atoms with Crippen LogP contribution in [0.5, 0.6) is 0 Å². The highest BCUT2D eigenvalue weighted by atomic mass is 16.5. The Hall–Kier alpha value is -3.93. The fourth-order valence-electron chi connectivity index (χ4n) is 2.84. The fraction of sp³-hybridized carbons (Fsp3) is 0.125. The molecule has 0 aliphatic heterocycles. The van der Waals surface area contributed by atoms with E-state index in [1.807, 2.05) is 24.3 Å². The fourth-order valence-corrected chi connectivity index (χ4v) is 2.84. The van der Waals surface area contributed by atoms with Gasteiger partial charge in [0, 0.05) is 18.4 Å². The molecule has 0 bridgehead atoms. The van der Waals surface area contributed by atoms with Crippen LogP contribution in [0.15, 0.2) is 84.9 Å². The van der Waals surface area contributed by atoms with Crippen molar-refractivity contribution in [1.29, 1.82) is 0 Å². The van der Waals surface area contributed by atoms with Crippen LogP contribution in [0.1, 0.15) is 27.6 Å². The number of nitrogens with zero attached hydrogens (tertiary/aromatic N) is 1. The van der Waals surface area contributed by atoms with E-state index < -0.39 is 18.0 Å². The highest BCUT2D eigenvalue weighted by Gasteiger charge is 2.24. The number of para-hydroxylation sites is 2. The van der Waals surface area contributed by atoms with E-state index in [-0.39, 0.29) is 17.0 Å². The van der Waals surface area contributed by atoms with Crippen molar-refractivity contribution in [1.82, 2.24) is 0 Å². The molecule has 0 heterocycles. The minimum atomic E-state index is -1.03. The number of hydrogen-bond donors (Lipinski definition) is 1. The molecule has 6 nitrogen and oxygen atoms in total. The second kappa shape index (κ2) is 9.52. The molecule has 6 heteroatoms. The molecule has 0 saturated carbocycles. The average Bonchev–Trinajstić information content (AvgIpc) is 2.79. The normalized spacial score (nSPS) is 11.3. The van der Waals surface area contributed by atoms with E-state index >= 15 is 0 Å². The molecule has 0 aliphatic carbocycles. The summed E-state index contributed by atoms with van der Waals surface area (Å²) in [6.45, 7) is 1.48. The molecule has 30 heavy (non-hydrogen) atoms. The first-order chi connectivity index (χ1) is 14.5. The maximum Gasteiger partial charge on any atom is 0.339 e. The molecule has 0 saturated heterocycles. The number of benzene rings is 3. The van der Waals surface area contributed by atoms with Gasteiger partial charge >= 0.3 is 5.97 Å². The molecule has 1 N–H and O–H groups in total. The zero-order chi connectivity index (χ0) is 21.5. The first-order valence-corrected chi connectivity index (χ1v) is 9.46. The first kappa shape index (κ1) is 20.8. The molecule has 0 spiro atoms. The molecule has 0 fully saturated rings. The summed E-state index contributed by atoms with van der Waals surface area (Å²) in [6, 6.07) is 24.4. The Kier molecular flexibility index (Phi) is 6.60. The average molecular weight is 402 g/mol. The maximum atomic E-state index is 13.0. The Bertz CT molecular complexity index is 1040. The lowest BCUT2D eigenvalue weighted by molar-refractivity contribution is -0.123. The molecule has 2 amide bonds. The van der Waals surface area contributed by atoms with Crippen molar-refractivity contribution in [2.75, 3.05) is 17.3 Å². The number of esters is 1. The van der Waals surface area contributed by atoms with E-state index in [2.05, 4.69) is 5.32 Å². The highest BCUT2D eigenvalue weighted by Crippen LogP contribution is 2.19. The quantitative estimate of drug-likeness (QED) is 0.629. The number of nitrogens with one attached hydrogen (secondary N) is 1. The van der Waals surface area contributed by atoms with Gasteiger partial charge < -0.3 is 15.0 Å². The Labute approximate surface area is 175 Å². The second-order valence-corrected chi connectivity index (χ2v) is 6.65. The molecule has 3 rings (SSSR count). The van der Waals surface area contributed by atoms with E-state index in [0.29, 0.717) is 11.4 Å². The topological polar surface area (TPSA) is 75.7 Å². The zero-order valence-electron chi connectivity index (χ0n) is 16.7. The van der Waals surface area contributed by atoms with Crippen LogP contribution < -0.4 is 10.2 Å². The van der Waals surface area contributed by atoms with Crippen LogP contribution in [0.2, 0.25) is 0 Å². The van der Waals surface area contributed by atoms with Crippen LogP contribution in [0.3, 0.4) is 0 Å². The summed E-state index contributed by atoms with van der Waals surface area (Å²) in [4.78, 5) is 39.5. The SMILES string of the molecule is C[C@H](OC(=O)c1ccccc1C(=O)N(C)c1ccccc1)C(=O)Nc1ccccc1. The summed E-state index contributed by atoms with van der Waals surface area (Å²) in [5.41, 5.74) is 1.60. The van der Waals surface area contributed by atoms with Crippen molar-refractivity contribution in [3.05, 3.63) is 96.1 Å². The molecular weight excluding hydrogens is 380 g/mol. The summed E-state index contributed by atoms with van der Waals surface area (Å²) < 4.78 is 5.32. The van der Waals surface area contributed by atoms with Gasteiger partial charge in [0.1, 0.15) is 0 Å². The minimum absolute atomic E-state index is 0.102.